The van der Waals surface area contributed by atoms with Crippen LogP contribution in [0.1, 0.15) is 22.3 Å². The maximum absolute atomic E-state index is 5.38. The van der Waals surface area contributed by atoms with Crippen molar-refractivity contribution in [3.05, 3.63) is 70.8 Å². The zero-order valence-electron chi connectivity index (χ0n) is 10.7. The lowest BCUT2D eigenvalue weighted by atomic mass is 10.1. The number of benzene rings is 2. The Labute approximate surface area is 114 Å². The molecule has 0 bridgehead atoms. The molecule has 1 N–H and O–H groups in total. The first-order valence-electron chi connectivity index (χ1n) is 6.05. The van der Waals surface area contributed by atoms with Gasteiger partial charge in [0, 0.05) is 12.1 Å². The molecule has 18 heavy (non-hydrogen) atoms. The minimum Gasteiger partial charge on any atom is -0.372 e. The molecule has 0 aliphatic carbocycles. The van der Waals surface area contributed by atoms with Crippen LogP contribution in [0.4, 0.5) is 0 Å². The van der Waals surface area contributed by atoms with E-state index < -0.39 is 0 Å². The third-order valence-corrected chi connectivity index (χ3v) is 3.27. The van der Waals surface area contributed by atoms with Crippen LogP contribution in [0.25, 0.3) is 0 Å². The van der Waals surface area contributed by atoms with E-state index in [4.69, 9.17) is 12.2 Å². The topological polar surface area (TPSA) is 12.0 Å². The Kier molecular flexibility index (Phi) is 4.11. The molecule has 0 aliphatic rings. The van der Waals surface area contributed by atoms with E-state index in [1.165, 1.54) is 16.7 Å². The fraction of sp³-hybridized carbons (Fsp3) is 0.188. The third-order valence-electron chi connectivity index (χ3n) is 2.89. The van der Waals surface area contributed by atoms with Gasteiger partial charge in [0.05, 0.1) is 0 Å². The SMILES string of the molecule is Cc1ccc(CNC(=S)c2ccc(C)cc2)cc1. The van der Waals surface area contributed by atoms with E-state index in [0.29, 0.717) is 0 Å². The molecule has 0 amide bonds. The first-order valence-corrected chi connectivity index (χ1v) is 6.46. The summed E-state index contributed by atoms with van der Waals surface area (Å²) in [7, 11) is 0. The summed E-state index contributed by atoms with van der Waals surface area (Å²) in [5, 5.41) is 3.29. The Bertz CT molecular complexity index is 526. The molecule has 92 valence electrons. The second-order valence-corrected chi connectivity index (χ2v) is 4.94. The third kappa shape index (κ3) is 3.41. The molecular weight excluding hydrogens is 238 g/mol. The zero-order valence-corrected chi connectivity index (χ0v) is 11.6. The fourth-order valence-electron chi connectivity index (χ4n) is 1.70. The van der Waals surface area contributed by atoms with Crippen molar-refractivity contribution in [2.75, 3.05) is 0 Å². The van der Waals surface area contributed by atoms with E-state index in [9.17, 15) is 0 Å². The number of thiocarbonyl (C=S) groups is 1. The molecule has 2 heteroatoms. The van der Waals surface area contributed by atoms with E-state index >= 15 is 0 Å². The quantitative estimate of drug-likeness (QED) is 0.838. The second kappa shape index (κ2) is 5.78. The minimum atomic E-state index is 0.771. The van der Waals surface area contributed by atoms with Gasteiger partial charge in [-0.2, -0.15) is 0 Å². The average molecular weight is 255 g/mol. The molecule has 0 atom stereocenters. The normalized spacial score (nSPS) is 10.1. The number of hydrogen-bond acceptors (Lipinski definition) is 1. The highest BCUT2D eigenvalue weighted by molar-refractivity contribution is 7.80. The first kappa shape index (κ1) is 12.8. The van der Waals surface area contributed by atoms with Crippen molar-refractivity contribution in [3.8, 4) is 0 Å². The van der Waals surface area contributed by atoms with Gasteiger partial charge in [0.2, 0.25) is 0 Å². The summed E-state index contributed by atoms with van der Waals surface area (Å²) in [5.41, 5.74) is 4.85. The summed E-state index contributed by atoms with van der Waals surface area (Å²) in [4.78, 5) is 0.801. The van der Waals surface area contributed by atoms with Crippen LogP contribution in [0.3, 0.4) is 0 Å². The van der Waals surface area contributed by atoms with E-state index in [1.54, 1.807) is 0 Å². The van der Waals surface area contributed by atoms with E-state index in [0.717, 1.165) is 17.1 Å². The number of rotatable bonds is 3. The van der Waals surface area contributed by atoms with Crippen LogP contribution in [0.15, 0.2) is 48.5 Å². The van der Waals surface area contributed by atoms with Gasteiger partial charge in [0.25, 0.3) is 0 Å². The lowest BCUT2D eigenvalue weighted by Crippen LogP contribution is -2.21. The number of nitrogens with one attached hydrogen (secondary N) is 1. The summed E-state index contributed by atoms with van der Waals surface area (Å²) in [6, 6.07) is 16.8. The van der Waals surface area contributed by atoms with Gasteiger partial charge in [0.15, 0.2) is 0 Å². The van der Waals surface area contributed by atoms with Crippen molar-refractivity contribution in [3.63, 3.8) is 0 Å². The van der Waals surface area contributed by atoms with Crippen molar-refractivity contribution in [1.82, 2.24) is 5.32 Å². The largest absolute Gasteiger partial charge is 0.372 e. The van der Waals surface area contributed by atoms with Gasteiger partial charge in [-0.05, 0) is 19.4 Å². The van der Waals surface area contributed by atoms with E-state index in [1.807, 2.05) is 0 Å². The van der Waals surface area contributed by atoms with Crippen LogP contribution in [0.2, 0.25) is 0 Å². The summed E-state index contributed by atoms with van der Waals surface area (Å²) in [6.07, 6.45) is 0. The summed E-state index contributed by atoms with van der Waals surface area (Å²) in [5.74, 6) is 0. The Morgan fingerprint density at radius 2 is 1.39 bits per heavy atom. The van der Waals surface area contributed by atoms with Gasteiger partial charge >= 0.3 is 0 Å². The summed E-state index contributed by atoms with van der Waals surface area (Å²) < 4.78 is 0. The molecule has 2 rings (SSSR count). The lowest BCUT2D eigenvalue weighted by molar-refractivity contribution is 0.928. The van der Waals surface area contributed by atoms with Crippen LogP contribution >= 0.6 is 12.2 Å². The van der Waals surface area contributed by atoms with Crippen LogP contribution in [0.5, 0.6) is 0 Å². The van der Waals surface area contributed by atoms with E-state index in [2.05, 4.69) is 67.7 Å². The van der Waals surface area contributed by atoms with Crippen LogP contribution in [-0.4, -0.2) is 4.99 Å². The Balaban J connectivity index is 1.96. The molecule has 0 saturated carbocycles. The van der Waals surface area contributed by atoms with Crippen molar-refractivity contribution in [2.24, 2.45) is 0 Å². The van der Waals surface area contributed by atoms with Gasteiger partial charge in [-0.3, -0.25) is 0 Å². The average Bonchev–Trinajstić information content (AvgIpc) is 2.38. The minimum absolute atomic E-state index is 0.771. The second-order valence-electron chi connectivity index (χ2n) is 4.53. The molecule has 0 unspecified atom stereocenters. The van der Waals surface area contributed by atoms with Crippen molar-refractivity contribution < 1.29 is 0 Å². The maximum atomic E-state index is 5.38. The zero-order chi connectivity index (χ0) is 13.0. The molecule has 2 aromatic carbocycles. The lowest BCUT2D eigenvalue weighted by Gasteiger charge is -2.08. The highest BCUT2D eigenvalue weighted by Crippen LogP contribution is 2.06. The maximum Gasteiger partial charge on any atom is 0.106 e. The molecule has 0 saturated heterocycles. The highest BCUT2D eigenvalue weighted by atomic mass is 32.1. The van der Waals surface area contributed by atoms with E-state index in [-0.39, 0.29) is 0 Å². The predicted molar refractivity (Wildman–Crippen MR) is 80.9 cm³/mol. The highest BCUT2D eigenvalue weighted by Gasteiger charge is 2.00. The molecule has 2 aromatic rings. The molecule has 0 aromatic heterocycles. The van der Waals surface area contributed by atoms with Gasteiger partial charge in [-0.1, -0.05) is 71.9 Å². The molecule has 0 heterocycles. The molecule has 0 fully saturated rings. The molecule has 0 spiro atoms. The van der Waals surface area contributed by atoms with Crippen molar-refractivity contribution >= 4 is 17.2 Å². The van der Waals surface area contributed by atoms with Gasteiger partial charge in [-0.15, -0.1) is 0 Å². The monoisotopic (exact) mass is 255 g/mol. The Hall–Kier alpha value is -1.67. The van der Waals surface area contributed by atoms with Crippen LogP contribution < -0.4 is 5.32 Å². The molecule has 0 aliphatic heterocycles. The predicted octanol–water partition coefficient (Wildman–Crippen LogP) is 3.77. The smallest absolute Gasteiger partial charge is 0.106 e. The standard InChI is InChI=1S/C16H17NS/c1-12-3-7-14(8-4-12)11-17-16(18)15-9-5-13(2)6-10-15/h3-10H,11H2,1-2H3,(H,17,18). The molecule has 0 radical (unpaired) electrons. The first-order chi connectivity index (χ1) is 8.65. The number of hydrogen-bond donors (Lipinski definition) is 1. The van der Waals surface area contributed by atoms with Crippen molar-refractivity contribution in [1.29, 1.82) is 0 Å². The Morgan fingerprint density at radius 1 is 0.889 bits per heavy atom. The summed E-state index contributed by atoms with van der Waals surface area (Å²) in [6.45, 7) is 4.94. The fourth-order valence-corrected chi connectivity index (χ4v) is 1.90. The van der Waals surface area contributed by atoms with Gasteiger partial charge in [-0.25, -0.2) is 0 Å². The van der Waals surface area contributed by atoms with Crippen molar-refractivity contribution in [2.45, 2.75) is 20.4 Å². The molecular formula is C16H17NS. The van der Waals surface area contributed by atoms with Gasteiger partial charge in [0.1, 0.15) is 4.99 Å². The molecule has 1 nitrogen and oxygen atoms in total. The van der Waals surface area contributed by atoms with Crippen LogP contribution in [-0.2, 0) is 6.54 Å². The van der Waals surface area contributed by atoms with Crippen LogP contribution in [0, 0.1) is 13.8 Å². The Morgan fingerprint density at radius 3 is 1.94 bits per heavy atom. The number of aryl methyl sites for hydroxylation is 2. The summed E-state index contributed by atoms with van der Waals surface area (Å²) >= 11 is 5.38. The van der Waals surface area contributed by atoms with Gasteiger partial charge < -0.3 is 5.32 Å².